The summed E-state index contributed by atoms with van der Waals surface area (Å²) in [5, 5.41) is 7.43. The van der Waals surface area contributed by atoms with Gasteiger partial charge in [0.05, 0.1) is 0 Å². The van der Waals surface area contributed by atoms with Crippen LogP contribution in [0, 0.1) is 0 Å². The fourth-order valence-electron chi connectivity index (χ4n) is 2.06. The zero-order valence-electron chi connectivity index (χ0n) is 12.7. The normalized spacial score (nSPS) is 10.5. The summed E-state index contributed by atoms with van der Waals surface area (Å²) in [6.45, 7) is 1.92. The molecule has 0 unspecified atom stereocenters. The van der Waals surface area contributed by atoms with E-state index in [0.717, 1.165) is 24.1 Å². The van der Waals surface area contributed by atoms with E-state index in [9.17, 15) is 4.79 Å². The molecule has 4 nitrogen and oxygen atoms in total. The highest BCUT2D eigenvalue weighted by Crippen LogP contribution is 2.20. The molecule has 0 spiro atoms. The molecule has 0 saturated carbocycles. The van der Waals surface area contributed by atoms with Crippen molar-refractivity contribution in [2.75, 3.05) is 13.1 Å². The van der Waals surface area contributed by atoms with Gasteiger partial charge < -0.3 is 10.6 Å². The van der Waals surface area contributed by atoms with Gasteiger partial charge in [0.25, 0.3) is 0 Å². The van der Waals surface area contributed by atoms with Gasteiger partial charge in [0.2, 0.25) is 5.91 Å². The Bertz CT molecular complexity index is 635. The third-order valence-electron chi connectivity index (χ3n) is 3.35. The van der Waals surface area contributed by atoms with Gasteiger partial charge >= 0.3 is 0 Å². The topological polar surface area (TPSA) is 54.0 Å². The van der Waals surface area contributed by atoms with Crippen molar-refractivity contribution >= 4 is 29.1 Å². The average Bonchev–Trinajstić information content (AvgIpc) is 2.55. The van der Waals surface area contributed by atoms with Gasteiger partial charge in [-0.1, -0.05) is 29.3 Å². The van der Waals surface area contributed by atoms with Crippen molar-refractivity contribution in [2.24, 2.45) is 0 Å². The maximum atomic E-state index is 11.7. The zero-order valence-corrected chi connectivity index (χ0v) is 14.2. The number of nitrogens with one attached hydrogen (secondary N) is 2. The van der Waals surface area contributed by atoms with E-state index in [4.69, 9.17) is 23.2 Å². The molecular weight excluding hydrogens is 333 g/mol. The average molecular weight is 352 g/mol. The van der Waals surface area contributed by atoms with Crippen molar-refractivity contribution < 1.29 is 4.79 Å². The van der Waals surface area contributed by atoms with Crippen LogP contribution in [0.25, 0.3) is 0 Å². The van der Waals surface area contributed by atoms with Gasteiger partial charge in [0, 0.05) is 41.9 Å². The van der Waals surface area contributed by atoms with E-state index in [1.54, 1.807) is 18.5 Å². The van der Waals surface area contributed by atoms with E-state index >= 15 is 0 Å². The van der Waals surface area contributed by atoms with Crippen LogP contribution in [0.3, 0.4) is 0 Å². The Kier molecular flexibility index (Phi) is 7.33. The fraction of sp³-hybridized carbons (Fsp3) is 0.294. The molecule has 2 rings (SSSR count). The molecule has 1 aromatic heterocycles. The van der Waals surface area contributed by atoms with Crippen LogP contribution in [0.4, 0.5) is 0 Å². The highest BCUT2D eigenvalue weighted by atomic mass is 35.5. The highest BCUT2D eigenvalue weighted by molar-refractivity contribution is 6.35. The minimum atomic E-state index is 0.0267. The third kappa shape index (κ3) is 6.57. The van der Waals surface area contributed by atoms with Crippen LogP contribution < -0.4 is 10.6 Å². The van der Waals surface area contributed by atoms with Gasteiger partial charge in [0.1, 0.15) is 0 Å². The molecular formula is C17H19Cl2N3O. The van der Waals surface area contributed by atoms with E-state index in [1.807, 2.05) is 24.3 Å². The van der Waals surface area contributed by atoms with Crippen molar-refractivity contribution in [2.45, 2.75) is 19.4 Å². The largest absolute Gasteiger partial charge is 0.352 e. The molecule has 2 aromatic rings. The molecule has 0 atom stereocenters. The molecule has 1 heterocycles. The number of rotatable bonds is 8. The smallest absolute Gasteiger partial charge is 0.221 e. The second-order valence-corrected chi connectivity index (χ2v) is 5.96. The molecule has 23 heavy (non-hydrogen) atoms. The Morgan fingerprint density at radius 1 is 1.09 bits per heavy atom. The summed E-state index contributed by atoms with van der Waals surface area (Å²) in [6.07, 6.45) is 4.67. The van der Waals surface area contributed by atoms with Gasteiger partial charge in [-0.25, -0.2) is 0 Å². The first-order chi connectivity index (χ1) is 11.1. The highest BCUT2D eigenvalue weighted by Gasteiger charge is 2.03. The summed E-state index contributed by atoms with van der Waals surface area (Å²) in [4.78, 5) is 15.7. The van der Waals surface area contributed by atoms with E-state index in [-0.39, 0.29) is 5.91 Å². The SMILES string of the molecule is O=C(CCNCCc1ccc(Cl)cc1Cl)NCc1ccncc1. The van der Waals surface area contributed by atoms with Gasteiger partial charge in [0.15, 0.2) is 0 Å². The number of hydrogen-bond acceptors (Lipinski definition) is 3. The lowest BCUT2D eigenvalue weighted by Gasteiger charge is -2.08. The number of halogens is 2. The van der Waals surface area contributed by atoms with E-state index in [0.29, 0.717) is 29.6 Å². The van der Waals surface area contributed by atoms with Crippen molar-refractivity contribution in [1.82, 2.24) is 15.6 Å². The molecule has 0 radical (unpaired) electrons. The molecule has 0 saturated heterocycles. The molecule has 6 heteroatoms. The van der Waals surface area contributed by atoms with E-state index in [2.05, 4.69) is 15.6 Å². The molecule has 0 aliphatic heterocycles. The zero-order chi connectivity index (χ0) is 16.5. The molecule has 122 valence electrons. The summed E-state index contributed by atoms with van der Waals surface area (Å²) in [6, 6.07) is 9.26. The Morgan fingerprint density at radius 2 is 1.87 bits per heavy atom. The summed E-state index contributed by atoms with van der Waals surface area (Å²) in [7, 11) is 0. The van der Waals surface area contributed by atoms with E-state index < -0.39 is 0 Å². The Balaban J connectivity index is 1.59. The summed E-state index contributed by atoms with van der Waals surface area (Å²) < 4.78 is 0. The second-order valence-electron chi connectivity index (χ2n) is 5.12. The number of aromatic nitrogens is 1. The van der Waals surface area contributed by atoms with Crippen molar-refractivity contribution in [3.8, 4) is 0 Å². The number of hydrogen-bond donors (Lipinski definition) is 2. The van der Waals surface area contributed by atoms with Gasteiger partial charge in [-0.05, 0) is 48.4 Å². The first-order valence-corrected chi connectivity index (χ1v) is 8.21. The second kappa shape index (κ2) is 9.50. The maximum Gasteiger partial charge on any atom is 0.221 e. The van der Waals surface area contributed by atoms with Crippen molar-refractivity contribution in [3.63, 3.8) is 0 Å². The lowest BCUT2D eigenvalue weighted by Crippen LogP contribution is -2.28. The maximum absolute atomic E-state index is 11.7. The fourth-order valence-corrected chi connectivity index (χ4v) is 2.57. The molecule has 0 aliphatic rings. The van der Waals surface area contributed by atoms with Crippen LogP contribution in [-0.2, 0) is 17.8 Å². The number of pyridine rings is 1. The molecule has 2 N–H and O–H groups in total. The minimum Gasteiger partial charge on any atom is -0.352 e. The molecule has 0 fully saturated rings. The van der Waals surface area contributed by atoms with Gasteiger partial charge in [-0.15, -0.1) is 0 Å². The monoisotopic (exact) mass is 351 g/mol. The minimum absolute atomic E-state index is 0.0267. The van der Waals surface area contributed by atoms with Crippen molar-refractivity contribution in [1.29, 1.82) is 0 Å². The van der Waals surface area contributed by atoms with E-state index in [1.165, 1.54) is 0 Å². The molecule has 0 aliphatic carbocycles. The quantitative estimate of drug-likeness (QED) is 0.718. The Hall–Kier alpha value is -1.62. The van der Waals surface area contributed by atoms with Crippen LogP contribution in [0.15, 0.2) is 42.7 Å². The number of nitrogens with zero attached hydrogens (tertiary/aromatic N) is 1. The summed E-state index contributed by atoms with van der Waals surface area (Å²) in [5.74, 6) is 0.0267. The molecule has 0 bridgehead atoms. The van der Waals surface area contributed by atoms with Crippen LogP contribution in [0.1, 0.15) is 17.5 Å². The third-order valence-corrected chi connectivity index (χ3v) is 3.94. The van der Waals surface area contributed by atoms with Crippen LogP contribution in [-0.4, -0.2) is 24.0 Å². The first-order valence-electron chi connectivity index (χ1n) is 7.45. The van der Waals surface area contributed by atoms with Gasteiger partial charge in [-0.2, -0.15) is 0 Å². The standard InChI is InChI=1S/C17H19Cl2N3O/c18-15-2-1-14(16(19)11-15)5-9-21-10-6-17(23)22-12-13-3-7-20-8-4-13/h1-4,7-8,11,21H,5-6,9-10,12H2,(H,22,23). The van der Waals surface area contributed by atoms with Gasteiger partial charge in [-0.3, -0.25) is 9.78 Å². The predicted octanol–water partition coefficient (Wildman–Crippen LogP) is 3.23. The van der Waals surface area contributed by atoms with Crippen LogP contribution >= 0.6 is 23.2 Å². The first kappa shape index (κ1) is 17.7. The van der Waals surface area contributed by atoms with Crippen LogP contribution in [0.5, 0.6) is 0 Å². The number of carbonyl (C=O) groups excluding carboxylic acids is 1. The Morgan fingerprint density at radius 3 is 2.61 bits per heavy atom. The lowest BCUT2D eigenvalue weighted by molar-refractivity contribution is -0.121. The van der Waals surface area contributed by atoms with Crippen molar-refractivity contribution in [3.05, 3.63) is 63.9 Å². The molecule has 1 amide bonds. The number of benzene rings is 1. The molecule has 1 aromatic carbocycles. The lowest BCUT2D eigenvalue weighted by atomic mass is 10.1. The summed E-state index contributed by atoms with van der Waals surface area (Å²) >= 11 is 12.0. The summed E-state index contributed by atoms with van der Waals surface area (Å²) in [5.41, 5.74) is 2.09. The Labute approximate surface area is 146 Å². The number of amides is 1. The van der Waals surface area contributed by atoms with Crippen LogP contribution in [0.2, 0.25) is 10.0 Å². The predicted molar refractivity (Wildman–Crippen MR) is 93.7 cm³/mol. The number of carbonyl (C=O) groups is 1.